The van der Waals surface area contributed by atoms with Crippen LogP contribution in [0, 0.1) is 0 Å². The van der Waals surface area contributed by atoms with Crippen LogP contribution >= 0.6 is 0 Å². The molecule has 178 valence electrons. The van der Waals surface area contributed by atoms with Gasteiger partial charge < -0.3 is 25.4 Å². The first kappa shape index (κ1) is 22.4. The summed E-state index contributed by atoms with van der Waals surface area (Å²) in [5.74, 6) is -0.828. The molecule has 0 spiro atoms. The van der Waals surface area contributed by atoms with E-state index < -0.39 is 23.5 Å². The highest BCUT2D eigenvalue weighted by Crippen LogP contribution is 2.29. The third-order valence-electron chi connectivity index (χ3n) is 5.82. The maximum atomic E-state index is 13.4. The number of fused-ring (bicyclic) bond motifs is 1. The smallest absolute Gasteiger partial charge is 0.263 e. The molecular formula is C23H21N7O5. The van der Waals surface area contributed by atoms with Crippen LogP contribution in [0.1, 0.15) is 6.92 Å². The van der Waals surface area contributed by atoms with Gasteiger partial charge in [0.2, 0.25) is 0 Å². The summed E-state index contributed by atoms with van der Waals surface area (Å²) in [6.45, 7) is 1.68. The van der Waals surface area contributed by atoms with E-state index in [0.717, 1.165) is 5.56 Å². The van der Waals surface area contributed by atoms with Crippen LogP contribution in [-0.2, 0) is 14.3 Å². The highest BCUT2D eigenvalue weighted by atomic mass is 16.5. The Bertz CT molecular complexity index is 1410. The van der Waals surface area contributed by atoms with Crippen LogP contribution in [-0.4, -0.2) is 62.1 Å². The Morgan fingerprint density at radius 3 is 2.91 bits per heavy atom. The van der Waals surface area contributed by atoms with Crippen LogP contribution in [0.3, 0.4) is 0 Å². The summed E-state index contributed by atoms with van der Waals surface area (Å²) >= 11 is 0. The van der Waals surface area contributed by atoms with Gasteiger partial charge in [0, 0.05) is 17.3 Å². The van der Waals surface area contributed by atoms with Crippen LogP contribution in [0.2, 0.25) is 0 Å². The first-order valence-electron chi connectivity index (χ1n) is 10.7. The second-order valence-electron chi connectivity index (χ2n) is 8.09. The fourth-order valence-electron chi connectivity index (χ4n) is 3.87. The molecule has 0 aliphatic carbocycles. The number of aliphatic hydroxyl groups excluding tert-OH is 1. The molecule has 0 saturated carbocycles. The van der Waals surface area contributed by atoms with Gasteiger partial charge in [-0.3, -0.25) is 14.5 Å². The van der Waals surface area contributed by atoms with E-state index in [4.69, 9.17) is 15.0 Å². The van der Waals surface area contributed by atoms with Crippen molar-refractivity contribution in [2.75, 3.05) is 29.1 Å². The van der Waals surface area contributed by atoms with E-state index in [0.29, 0.717) is 28.2 Å². The lowest BCUT2D eigenvalue weighted by atomic mass is 9.94. The molecule has 2 atom stereocenters. The summed E-state index contributed by atoms with van der Waals surface area (Å²) in [7, 11) is 0. The van der Waals surface area contributed by atoms with Crippen molar-refractivity contribution >= 4 is 40.1 Å². The molecule has 0 bridgehead atoms. The Morgan fingerprint density at radius 1 is 1.26 bits per heavy atom. The molecule has 4 N–H and O–H groups in total. The molecule has 5 rings (SSSR count). The van der Waals surface area contributed by atoms with Gasteiger partial charge in [0.15, 0.2) is 23.1 Å². The second kappa shape index (κ2) is 8.74. The van der Waals surface area contributed by atoms with Crippen molar-refractivity contribution in [2.45, 2.75) is 18.6 Å². The van der Waals surface area contributed by atoms with Crippen LogP contribution in [0.15, 0.2) is 59.4 Å². The summed E-state index contributed by atoms with van der Waals surface area (Å²) in [6.07, 6.45) is 1.31. The zero-order valence-corrected chi connectivity index (χ0v) is 18.6. The zero-order valence-electron chi connectivity index (χ0n) is 18.6. The number of aromatic nitrogens is 4. The predicted molar refractivity (Wildman–Crippen MR) is 125 cm³/mol. The molecule has 2 unspecified atom stereocenters. The van der Waals surface area contributed by atoms with Gasteiger partial charge in [-0.2, -0.15) is 10.2 Å². The number of hydrogen-bond donors (Lipinski definition) is 3. The summed E-state index contributed by atoms with van der Waals surface area (Å²) in [6, 6.07) is 11.7. The minimum Gasteiger partial charge on any atom is -0.380 e. The highest BCUT2D eigenvalue weighted by Gasteiger charge is 2.50. The topological polar surface area (TPSA) is 170 Å². The Kier molecular flexibility index (Phi) is 5.59. The van der Waals surface area contributed by atoms with Gasteiger partial charge in [0.05, 0.1) is 36.6 Å². The number of carbonyl (C=O) groups is 2. The molecule has 1 aromatic carbocycles. The molecule has 0 radical (unpaired) electrons. The molecule has 1 saturated heterocycles. The highest BCUT2D eigenvalue weighted by molar-refractivity contribution is 6.06. The van der Waals surface area contributed by atoms with Crippen molar-refractivity contribution in [3.05, 3.63) is 54.9 Å². The lowest BCUT2D eigenvalue weighted by Gasteiger charge is -2.40. The average Bonchev–Trinajstić information content (AvgIpc) is 3.25. The Morgan fingerprint density at radius 2 is 2.11 bits per heavy atom. The van der Waals surface area contributed by atoms with E-state index >= 15 is 0 Å². The van der Waals surface area contributed by atoms with Gasteiger partial charge in [-0.15, -0.1) is 0 Å². The quantitative estimate of drug-likeness (QED) is 0.383. The number of nitrogens with zero attached hydrogens (tertiary/aromatic N) is 5. The van der Waals surface area contributed by atoms with E-state index in [1.165, 1.54) is 17.9 Å². The number of nitrogens with one attached hydrogen (secondary N) is 1. The standard InChI is InChI=1S/C23H21N7O5/c1-23(19(31)21(32)27-14-5-6-15-17(11-14)35-29-20(15)24)22(33)30(9-10-34-23)18-4-2-3-16(28-18)13-7-8-25-26-12-13/h2-8,11-12,19,31H,9-10H2,1H3,(H2,24,29)(H,27,32). The molecule has 1 aliphatic heterocycles. The third-order valence-corrected chi connectivity index (χ3v) is 5.82. The zero-order chi connectivity index (χ0) is 24.6. The Labute approximate surface area is 198 Å². The van der Waals surface area contributed by atoms with Crippen LogP contribution in [0.4, 0.5) is 17.3 Å². The number of carbonyl (C=O) groups excluding carboxylic acids is 2. The van der Waals surface area contributed by atoms with Crippen LogP contribution < -0.4 is 16.0 Å². The second-order valence-corrected chi connectivity index (χ2v) is 8.09. The average molecular weight is 475 g/mol. The number of aliphatic hydroxyl groups is 1. The van der Waals surface area contributed by atoms with E-state index in [1.807, 2.05) is 0 Å². The number of nitrogens with two attached hydrogens (primary N) is 1. The SMILES string of the molecule is CC1(C(O)C(=O)Nc2ccc3c(N)noc3c2)OCCN(c2cccc(-c3ccnnc3)n2)C1=O. The largest absolute Gasteiger partial charge is 0.380 e. The predicted octanol–water partition coefficient (Wildman–Crippen LogP) is 1.38. The van der Waals surface area contributed by atoms with Crippen LogP contribution in [0.25, 0.3) is 22.2 Å². The first-order chi connectivity index (χ1) is 16.9. The van der Waals surface area contributed by atoms with Crippen molar-refractivity contribution in [1.82, 2.24) is 20.3 Å². The monoisotopic (exact) mass is 475 g/mol. The van der Waals surface area contributed by atoms with Gasteiger partial charge in [-0.1, -0.05) is 11.2 Å². The Hall–Kier alpha value is -4.42. The third kappa shape index (κ3) is 4.05. The Balaban J connectivity index is 1.36. The van der Waals surface area contributed by atoms with E-state index in [2.05, 4.69) is 25.7 Å². The number of benzene rings is 1. The van der Waals surface area contributed by atoms with Crippen molar-refractivity contribution in [3.63, 3.8) is 0 Å². The number of pyridine rings is 1. The number of hydrogen-bond acceptors (Lipinski definition) is 10. The number of morpholine rings is 1. The fourth-order valence-corrected chi connectivity index (χ4v) is 3.87. The fraction of sp³-hybridized carbons (Fsp3) is 0.217. The molecule has 4 heterocycles. The summed E-state index contributed by atoms with van der Waals surface area (Å²) in [5, 5.41) is 25.3. The van der Waals surface area contributed by atoms with Gasteiger partial charge >= 0.3 is 0 Å². The van der Waals surface area contributed by atoms with Crippen molar-refractivity contribution in [1.29, 1.82) is 0 Å². The summed E-state index contributed by atoms with van der Waals surface area (Å²) < 4.78 is 10.7. The lowest BCUT2D eigenvalue weighted by Crippen LogP contribution is -2.63. The van der Waals surface area contributed by atoms with Crippen molar-refractivity contribution < 1.29 is 24.0 Å². The number of rotatable bonds is 5. The molecule has 35 heavy (non-hydrogen) atoms. The molecule has 12 heteroatoms. The molecule has 12 nitrogen and oxygen atoms in total. The minimum absolute atomic E-state index is 0.0958. The van der Waals surface area contributed by atoms with Crippen LogP contribution in [0.5, 0.6) is 0 Å². The minimum atomic E-state index is -1.83. The van der Waals surface area contributed by atoms with Gasteiger partial charge in [0.25, 0.3) is 11.8 Å². The molecular weight excluding hydrogens is 454 g/mol. The number of ether oxygens (including phenoxy) is 1. The van der Waals surface area contributed by atoms with Crippen molar-refractivity contribution in [2.24, 2.45) is 0 Å². The molecule has 1 aliphatic rings. The van der Waals surface area contributed by atoms with E-state index in [9.17, 15) is 14.7 Å². The van der Waals surface area contributed by atoms with Gasteiger partial charge in [0.1, 0.15) is 5.82 Å². The maximum absolute atomic E-state index is 13.4. The van der Waals surface area contributed by atoms with E-state index in [1.54, 1.807) is 48.8 Å². The molecule has 1 fully saturated rings. The van der Waals surface area contributed by atoms with E-state index in [-0.39, 0.29) is 19.0 Å². The van der Waals surface area contributed by atoms with Gasteiger partial charge in [-0.25, -0.2) is 4.98 Å². The molecule has 3 aromatic heterocycles. The van der Waals surface area contributed by atoms with Gasteiger partial charge in [-0.05, 0) is 37.3 Å². The molecule has 2 amide bonds. The molecule has 4 aromatic rings. The maximum Gasteiger partial charge on any atom is 0.263 e. The number of amides is 2. The number of anilines is 3. The lowest BCUT2D eigenvalue weighted by molar-refractivity contribution is -0.170. The first-order valence-corrected chi connectivity index (χ1v) is 10.7. The summed E-state index contributed by atoms with van der Waals surface area (Å²) in [5.41, 5.74) is 5.91. The normalized spacial score (nSPS) is 19.0. The number of nitrogen functional groups attached to an aromatic ring is 1. The summed E-state index contributed by atoms with van der Waals surface area (Å²) in [4.78, 5) is 32.3. The van der Waals surface area contributed by atoms with Crippen molar-refractivity contribution in [3.8, 4) is 11.3 Å².